The standard InChI is InChI=1S/C18H26N4O/c1-14-17(13-19-12-15-8-7-11-21(15)2)18(22(3)20-14)23-16-9-5-4-6-10-16/h4-6,9-10,15,19H,7-8,11-13H2,1-3H3/t15-/m1/s1. The molecule has 0 unspecified atom stereocenters. The highest BCUT2D eigenvalue weighted by Crippen LogP contribution is 2.27. The third-order valence-corrected chi connectivity index (χ3v) is 4.60. The lowest BCUT2D eigenvalue weighted by Gasteiger charge is -2.19. The number of likely N-dealkylation sites (N-methyl/N-ethyl adjacent to an activating group) is 1. The van der Waals surface area contributed by atoms with Crippen LogP contribution >= 0.6 is 0 Å². The highest BCUT2D eigenvalue weighted by Gasteiger charge is 2.21. The Labute approximate surface area is 138 Å². The van der Waals surface area contributed by atoms with E-state index < -0.39 is 0 Å². The summed E-state index contributed by atoms with van der Waals surface area (Å²) in [5, 5.41) is 8.09. The summed E-state index contributed by atoms with van der Waals surface area (Å²) in [6.07, 6.45) is 2.58. The smallest absolute Gasteiger partial charge is 0.222 e. The van der Waals surface area contributed by atoms with Crippen molar-refractivity contribution >= 4 is 0 Å². The van der Waals surface area contributed by atoms with Crippen LogP contribution in [0.15, 0.2) is 30.3 Å². The largest absolute Gasteiger partial charge is 0.439 e. The Kier molecular flexibility index (Phi) is 4.98. The number of aryl methyl sites for hydroxylation is 2. The molecule has 0 radical (unpaired) electrons. The van der Waals surface area contributed by atoms with E-state index in [0.717, 1.165) is 36.0 Å². The molecule has 1 aliphatic heterocycles. The number of nitrogens with one attached hydrogen (secondary N) is 1. The van der Waals surface area contributed by atoms with Gasteiger partial charge in [0.15, 0.2) is 0 Å². The molecule has 2 heterocycles. The van der Waals surface area contributed by atoms with Crippen LogP contribution in [0.2, 0.25) is 0 Å². The number of aromatic nitrogens is 2. The van der Waals surface area contributed by atoms with Gasteiger partial charge in [-0.2, -0.15) is 5.10 Å². The number of ether oxygens (including phenoxy) is 1. The minimum absolute atomic E-state index is 0.644. The van der Waals surface area contributed by atoms with Crippen molar-refractivity contribution in [1.29, 1.82) is 0 Å². The van der Waals surface area contributed by atoms with E-state index in [4.69, 9.17) is 4.74 Å². The second kappa shape index (κ2) is 7.15. The van der Waals surface area contributed by atoms with E-state index in [-0.39, 0.29) is 0 Å². The Morgan fingerprint density at radius 1 is 1.26 bits per heavy atom. The van der Waals surface area contributed by atoms with Crippen LogP contribution in [0.5, 0.6) is 11.6 Å². The Morgan fingerprint density at radius 2 is 2.04 bits per heavy atom. The second-order valence-corrected chi connectivity index (χ2v) is 6.32. The predicted octanol–water partition coefficient (Wildman–Crippen LogP) is 2.70. The van der Waals surface area contributed by atoms with Crippen LogP contribution in [0, 0.1) is 6.92 Å². The van der Waals surface area contributed by atoms with Crippen LogP contribution < -0.4 is 10.1 Å². The summed E-state index contributed by atoms with van der Waals surface area (Å²) in [6.45, 7) is 5.04. The molecule has 1 aliphatic rings. The molecular formula is C18H26N4O. The molecule has 0 spiro atoms. The SMILES string of the molecule is Cc1nn(C)c(Oc2ccccc2)c1CNC[C@H]1CCCN1C. The van der Waals surface area contributed by atoms with Gasteiger partial charge in [-0.3, -0.25) is 0 Å². The van der Waals surface area contributed by atoms with E-state index in [1.807, 2.05) is 49.0 Å². The van der Waals surface area contributed by atoms with E-state index in [0.29, 0.717) is 6.04 Å². The number of rotatable bonds is 6. The maximum absolute atomic E-state index is 6.05. The predicted molar refractivity (Wildman–Crippen MR) is 91.8 cm³/mol. The van der Waals surface area contributed by atoms with Gasteiger partial charge in [0.1, 0.15) is 5.75 Å². The third kappa shape index (κ3) is 3.74. The van der Waals surface area contributed by atoms with Crippen molar-refractivity contribution in [3.63, 3.8) is 0 Å². The Bertz CT molecular complexity index is 638. The van der Waals surface area contributed by atoms with Gasteiger partial charge in [-0.05, 0) is 45.5 Å². The van der Waals surface area contributed by atoms with Gasteiger partial charge in [0.2, 0.25) is 5.88 Å². The summed E-state index contributed by atoms with van der Waals surface area (Å²) < 4.78 is 7.88. The number of para-hydroxylation sites is 1. The lowest BCUT2D eigenvalue weighted by molar-refractivity contribution is 0.299. The van der Waals surface area contributed by atoms with Crippen molar-refractivity contribution in [3.8, 4) is 11.6 Å². The van der Waals surface area contributed by atoms with Gasteiger partial charge in [0.05, 0.1) is 11.3 Å². The lowest BCUT2D eigenvalue weighted by atomic mass is 10.2. The number of hydrogen-bond donors (Lipinski definition) is 1. The molecule has 2 aromatic rings. The summed E-state index contributed by atoms with van der Waals surface area (Å²) in [5.74, 6) is 1.66. The molecule has 0 bridgehead atoms. The maximum atomic E-state index is 6.05. The average Bonchev–Trinajstić information content (AvgIpc) is 3.06. The highest BCUT2D eigenvalue weighted by atomic mass is 16.5. The molecule has 3 rings (SSSR count). The van der Waals surface area contributed by atoms with Gasteiger partial charge in [-0.1, -0.05) is 18.2 Å². The molecule has 1 atom stereocenters. The molecule has 5 heteroatoms. The van der Waals surface area contributed by atoms with Crippen molar-refractivity contribution in [2.75, 3.05) is 20.1 Å². The number of likely N-dealkylation sites (tertiary alicyclic amines) is 1. The molecule has 1 N–H and O–H groups in total. The molecule has 1 aromatic carbocycles. The molecule has 5 nitrogen and oxygen atoms in total. The Hall–Kier alpha value is -1.85. The zero-order chi connectivity index (χ0) is 16.2. The normalized spacial score (nSPS) is 18.5. The second-order valence-electron chi connectivity index (χ2n) is 6.32. The summed E-state index contributed by atoms with van der Waals surface area (Å²) in [5.41, 5.74) is 2.16. The third-order valence-electron chi connectivity index (χ3n) is 4.60. The minimum atomic E-state index is 0.644. The summed E-state index contributed by atoms with van der Waals surface area (Å²) in [6, 6.07) is 10.5. The summed E-state index contributed by atoms with van der Waals surface area (Å²) in [7, 11) is 4.14. The number of nitrogens with zero attached hydrogens (tertiary/aromatic N) is 3. The Balaban J connectivity index is 1.66. The van der Waals surface area contributed by atoms with Gasteiger partial charge in [-0.25, -0.2) is 4.68 Å². The van der Waals surface area contributed by atoms with E-state index >= 15 is 0 Å². The van der Waals surface area contributed by atoms with Gasteiger partial charge in [0.25, 0.3) is 0 Å². The molecule has 124 valence electrons. The van der Waals surface area contributed by atoms with Gasteiger partial charge < -0.3 is 15.0 Å². The molecule has 0 saturated carbocycles. The fourth-order valence-corrected chi connectivity index (χ4v) is 3.21. The van der Waals surface area contributed by atoms with Crippen LogP contribution in [-0.2, 0) is 13.6 Å². The van der Waals surface area contributed by atoms with Gasteiger partial charge in [-0.15, -0.1) is 0 Å². The van der Waals surface area contributed by atoms with Crippen LogP contribution in [0.4, 0.5) is 0 Å². The number of benzene rings is 1. The summed E-state index contributed by atoms with van der Waals surface area (Å²) >= 11 is 0. The molecule has 0 amide bonds. The summed E-state index contributed by atoms with van der Waals surface area (Å²) in [4.78, 5) is 2.44. The first-order chi connectivity index (χ1) is 11.1. The van der Waals surface area contributed by atoms with Crippen LogP contribution in [0.1, 0.15) is 24.1 Å². The topological polar surface area (TPSA) is 42.3 Å². The monoisotopic (exact) mass is 314 g/mol. The van der Waals surface area contributed by atoms with Crippen LogP contribution in [0.3, 0.4) is 0 Å². The average molecular weight is 314 g/mol. The molecule has 1 aromatic heterocycles. The van der Waals surface area contributed by atoms with E-state index in [9.17, 15) is 0 Å². The number of hydrogen-bond acceptors (Lipinski definition) is 4. The zero-order valence-electron chi connectivity index (χ0n) is 14.2. The van der Waals surface area contributed by atoms with E-state index in [1.54, 1.807) is 0 Å². The maximum Gasteiger partial charge on any atom is 0.222 e. The van der Waals surface area contributed by atoms with E-state index in [2.05, 4.69) is 22.4 Å². The molecule has 1 fully saturated rings. The zero-order valence-corrected chi connectivity index (χ0v) is 14.2. The minimum Gasteiger partial charge on any atom is -0.439 e. The Morgan fingerprint density at radius 3 is 2.74 bits per heavy atom. The first-order valence-electron chi connectivity index (χ1n) is 8.31. The first-order valence-corrected chi connectivity index (χ1v) is 8.31. The fraction of sp³-hybridized carbons (Fsp3) is 0.500. The molecule has 1 saturated heterocycles. The van der Waals surface area contributed by atoms with Crippen LogP contribution in [0.25, 0.3) is 0 Å². The van der Waals surface area contributed by atoms with Crippen molar-refractivity contribution in [3.05, 3.63) is 41.6 Å². The van der Waals surface area contributed by atoms with Gasteiger partial charge >= 0.3 is 0 Å². The molecular weight excluding hydrogens is 288 g/mol. The van der Waals surface area contributed by atoms with Gasteiger partial charge in [0, 0.05) is 26.2 Å². The van der Waals surface area contributed by atoms with Crippen molar-refractivity contribution in [1.82, 2.24) is 20.0 Å². The van der Waals surface area contributed by atoms with Crippen molar-refractivity contribution < 1.29 is 4.74 Å². The van der Waals surface area contributed by atoms with Crippen molar-refractivity contribution in [2.45, 2.75) is 32.4 Å². The fourth-order valence-electron chi connectivity index (χ4n) is 3.21. The first kappa shape index (κ1) is 16.0. The quantitative estimate of drug-likeness (QED) is 0.890. The van der Waals surface area contributed by atoms with Crippen molar-refractivity contribution in [2.24, 2.45) is 7.05 Å². The highest BCUT2D eigenvalue weighted by molar-refractivity contribution is 5.35. The lowest BCUT2D eigenvalue weighted by Crippen LogP contribution is -2.35. The van der Waals surface area contributed by atoms with E-state index in [1.165, 1.54) is 19.4 Å². The van der Waals surface area contributed by atoms with Crippen LogP contribution in [-0.4, -0.2) is 40.9 Å². The molecule has 23 heavy (non-hydrogen) atoms. The molecule has 0 aliphatic carbocycles.